The van der Waals surface area contributed by atoms with E-state index >= 15 is 0 Å². The summed E-state index contributed by atoms with van der Waals surface area (Å²) in [5.74, 6) is 1.14. The molecule has 32 heavy (non-hydrogen) atoms. The smallest absolute Gasteiger partial charge is 0.241 e. The molecular formula is C24H21NO6S. The van der Waals surface area contributed by atoms with Crippen LogP contribution in [0.25, 0.3) is 11.0 Å². The molecule has 2 atom stereocenters. The molecule has 2 heterocycles. The van der Waals surface area contributed by atoms with Crippen LogP contribution in [0.15, 0.2) is 88.2 Å². The van der Waals surface area contributed by atoms with Gasteiger partial charge in [0, 0.05) is 11.5 Å². The average Bonchev–Trinajstić information content (AvgIpc) is 3.15. The molecule has 0 radical (unpaired) electrons. The topological polar surface area (TPSA) is 98.0 Å². The van der Waals surface area contributed by atoms with Crippen LogP contribution < -0.4 is 14.2 Å². The van der Waals surface area contributed by atoms with Crippen molar-refractivity contribution in [1.82, 2.24) is 4.72 Å². The van der Waals surface area contributed by atoms with Crippen molar-refractivity contribution in [3.05, 3.63) is 90.2 Å². The van der Waals surface area contributed by atoms with Gasteiger partial charge in [-0.25, -0.2) is 8.42 Å². The number of sulfonamides is 1. The lowest BCUT2D eigenvalue weighted by atomic mass is 10.1. The van der Waals surface area contributed by atoms with Gasteiger partial charge >= 0.3 is 0 Å². The van der Waals surface area contributed by atoms with Crippen molar-refractivity contribution < 1.29 is 27.4 Å². The molecule has 0 fully saturated rings. The Hall–Kier alpha value is -3.33. The fraction of sp³-hybridized carbons (Fsp3) is 0.167. The Kier molecular flexibility index (Phi) is 5.34. The number of hydrogen-bond acceptors (Lipinski definition) is 6. The molecule has 1 aliphatic rings. The van der Waals surface area contributed by atoms with Crippen molar-refractivity contribution >= 4 is 21.0 Å². The monoisotopic (exact) mass is 451 g/mol. The Morgan fingerprint density at radius 2 is 1.59 bits per heavy atom. The summed E-state index contributed by atoms with van der Waals surface area (Å²) in [5.41, 5.74) is 1.42. The first kappa shape index (κ1) is 20.6. The first-order valence-electron chi connectivity index (χ1n) is 10.1. The van der Waals surface area contributed by atoms with Crippen LogP contribution in [0.3, 0.4) is 0 Å². The molecule has 2 unspecified atom stereocenters. The van der Waals surface area contributed by atoms with Crippen LogP contribution in [0, 0.1) is 0 Å². The number of fused-ring (bicyclic) bond motifs is 2. The fourth-order valence-corrected chi connectivity index (χ4v) is 4.82. The van der Waals surface area contributed by atoms with E-state index in [4.69, 9.17) is 13.9 Å². The predicted octanol–water partition coefficient (Wildman–Crippen LogP) is 3.63. The van der Waals surface area contributed by atoms with E-state index in [-0.39, 0.29) is 23.9 Å². The Labute approximate surface area is 185 Å². The number of aliphatic hydroxyl groups is 1. The molecule has 2 N–H and O–H groups in total. The van der Waals surface area contributed by atoms with Crippen LogP contribution in [0.5, 0.6) is 11.5 Å². The highest BCUT2D eigenvalue weighted by atomic mass is 32.2. The first-order chi connectivity index (χ1) is 15.5. The lowest BCUT2D eigenvalue weighted by Crippen LogP contribution is -2.29. The summed E-state index contributed by atoms with van der Waals surface area (Å²) in [6.45, 7) is 0.106. The summed E-state index contributed by atoms with van der Waals surface area (Å²) in [4.78, 5) is 0.0216. The molecule has 0 bridgehead atoms. The highest BCUT2D eigenvalue weighted by molar-refractivity contribution is 7.89. The van der Waals surface area contributed by atoms with Gasteiger partial charge in [0.15, 0.2) is 11.5 Å². The molecule has 3 aromatic carbocycles. The van der Waals surface area contributed by atoms with Crippen LogP contribution in [-0.2, 0) is 10.0 Å². The van der Waals surface area contributed by atoms with E-state index in [1.165, 1.54) is 18.2 Å². The number of aliphatic hydroxyl groups excluding tert-OH is 1. The maximum absolute atomic E-state index is 13.3. The lowest BCUT2D eigenvalue weighted by molar-refractivity contribution is 0.0801. The SMILES string of the molecule is O=S(=O)(NC(c1ccccc1)c1cc2ccccc2o1)c1ccc2c(c1)OCC(O)CO2. The third kappa shape index (κ3) is 4.08. The van der Waals surface area contributed by atoms with Gasteiger partial charge in [-0.05, 0) is 29.8 Å². The van der Waals surface area contributed by atoms with Crippen molar-refractivity contribution in [3.8, 4) is 11.5 Å². The Balaban J connectivity index is 1.52. The van der Waals surface area contributed by atoms with Gasteiger partial charge in [0.1, 0.15) is 36.7 Å². The molecule has 4 aromatic rings. The molecule has 8 heteroatoms. The summed E-state index contributed by atoms with van der Waals surface area (Å²) in [6.07, 6.45) is -0.781. The summed E-state index contributed by atoms with van der Waals surface area (Å²) < 4.78 is 46.4. The van der Waals surface area contributed by atoms with Gasteiger partial charge < -0.3 is 19.0 Å². The molecule has 7 nitrogen and oxygen atoms in total. The first-order valence-corrected chi connectivity index (χ1v) is 11.6. The minimum Gasteiger partial charge on any atom is -0.487 e. The van der Waals surface area contributed by atoms with Crippen molar-refractivity contribution in [1.29, 1.82) is 0 Å². The molecule has 0 saturated carbocycles. The van der Waals surface area contributed by atoms with Gasteiger partial charge in [-0.1, -0.05) is 48.5 Å². The lowest BCUT2D eigenvalue weighted by Gasteiger charge is -2.18. The molecule has 5 rings (SSSR count). The second-order valence-corrected chi connectivity index (χ2v) is 9.25. The molecule has 0 spiro atoms. The molecule has 1 aromatic heterocycles. The summed E-state index contributed by atoms with van der Waals surface area (Å²) in [7, 11) is -3.96. The van der Waals surface area contributed by atoms with Gasteiger partial charge in [-0.15, -0.1) is 0 Å². The van der Waals surface area contributed by atoms with Gasteiger partial charge in [0.25, 0.3) is 0 Å². The third-order valence-electron chi connectivity index (χ3n) is 5.22. The molecule has 0 aliphatic carbocycles. The standard InChI is InChI=1S/C24H21NO6S/c26-18-14-29-21-11-10-19(13-22(21)30-15-18)32(27,28)25-24(16-6-2-1-3-7-16)23-12-17-8-4-5-9-20(17)31-23/h1-13,18,24-26H,14-15H2. The van der Waals surface area contributed by atoms with Gasteiger partial charge in [-0.2, -0.15) is 4.72 Å². The van der Waals surface area contributed by atoms with Crippen LogP contribution in [0.4, 0.5) is 0 Å². The number of benzene rings is 3. The average molecular weight is 452 g/mol. The number of nitrogens with one attached hydrogen (secondary N) is 1. The fourth-order valence-electron chi connectivity index (χ4n) is 3.61. The Bertz CT molecular complexity index is 1320. The number of furan rings is 1. The second-order valence-electron chi connectivity index (χ2n) is 7.54. The number of ether oxygens (including phenoxy) is 2. The normalized spacial score (nSPS) is 17.1. The quantitative estimate of drug-likeness (QED) is 0.481. The Morgan fingerprint density at radius 1 is 0.875 bits per heavy atom. The molecule has 164 valence electrons. The van der Waals surface area contributed by atoms with E-state index in [2.05, 4.69) is 4.72 Å². The zero-order valence-electron chi connectivity index (χ0n) is 17.0. The van der Waals surface area contributed by atoms with Crippen molar-refractivity contribution in [2.45, 2.75) is 17.0 Å². The van der Waals surface area contributed by atoms with Crippen LogP contribution >= 0.6 is 0 Å². The minimum absolute atomic E-state index is 0.0216. The number of hydrogen-bond donors (Lipinski definition) is 2. The molecule has 0 saturated heterocycles. The maximum atomic E-state index is 13.3. The van der Waals surface area contributed by atoms with Crippen LogP contribution in [0.1, 0.15) is 17.4 Å². The number of rotatable bonds is 5. The molecular weight excluding hydrogens is 430 g/mol. The molecule has 1 aliphatic heterocycles. The zero-order valence-corrected chi connectivity index (χ0v) is 17.8. The highest BCUT2D eigenvalue weighted by Gasteiger charge is 2.27. The van der Waals surface area contributed by atoms with E-state index in [1.54, 1.807) is 0 Å². The number of para-hydroxylation sites is 1. The summed E-state index contributed by atoms with van der Waals surface area (Å²) >= 11 is 0. The Morgan fingerprint density at radius 3 is 2.38 bits per heavy atom. The van der Waals surface area contributed by atoms with Gasteiger partial charge in [0.2, 0.25) is 10.0 Å². The zero-order chi connectivity index (χ0) is 22.1. The summed E-state index contributed by atoms with van der Waals surface area (Å²) in [6, 6.07) is 22.2. The van der Waals surface area contributed by atoms with E-state index < -0.39 is 22.2 Å². The largest absolute Gasteiger partial charge is 0.487 e. The van der Waals surface area contributed by atoms with Crippen LogP contribution in [-0.4, -0.2) is 32.8 Å². The van der Waals surface area contributed by atoms with Crippen LogP contribution in [0.2, 0.25) is 0 Å². The van der Waals surface area contributed by atoms with Crippen molar-refractivity contribution in [3.63, 3.8) is 0 Å². The van der Waals surface area contributed by atoms with E-state index in [0.29, 0.717) is 17.1 Å². The van der Waals surface area contributed by atoms with Crippen molar-refractivity contribution in [2.24, 2.45) is 0 Å². The minimum atomic E-state index is -3.96. The third-order valence-corrected chi connectivity index (χ3v) is 6.64. The van der Waals surface area contributed by atoms with Crippen molar-refractivity contribution in [2.75, 3.05) is 13.2 Å². The molecule has 0 amide bonds. The van der Waals surface area contributed by atoms with E-state index in [9.17, 15) is 13.5 Å². The maximum Gasteiger partial charge on any atom is 0.241 e. The second kappa shape index (κ2) is 8.31. The van der Waals surface area contributed by atoms with Gasteiger partial charge in [-0.3, -0.25) is 0 Å². The summed E-state index contributed by atoms with van der Waals surface area (Å²) in [5, 5.41) is 10.6. The van der Waals surface area contributed by atoms with E-state index in [0.717, 1.165) is 10.9 Å². The predicted molar refractivity (Wildman–Crippen MR) is 118 cm³/mol. The van der Waals surface area contributed by atoms with Gasteiger partial charge in [0.05, 0.1) is 4.90 Å². The van der Waals surface area contributed by atoms with E-state index in [1.807, 2.05) is 60.7 Å². The highest BCUT2D eigenvalue weighted by Crippen LogP contribution is 2.34.